The zero-order valence-electron chi connectivity index (χ0n) is 17.5. The highest BCUT2D eigenvalue weighted by atomic mass is 32.2. The van der Waals surface area contributed by atoms with Crippen molar-refractivity contribution in [3.63, 3.8) is 0 Å². The Morgan fingerprint density at radius 1 is 1.09 bits per heavy atom. The fraction of sp³-hybridized carbons (Fsp3) is 0.286. The van der Waals surface area contributed by atoms with Crippen molar-refractivity contribution in [1.29, 1.82) is 0 Å². The fourth-order valence-corrected chi connectivity index (χ4v) is 5.28. The predicted octanol–water partition coefficient (Wildman–Crippen LogP) is 2.95. The second-order valence-corrected chi connectivity index (χ2v) is 10.3. The van der Waals surface area contributed by atoms with Crippen LogP contribution in [0, 0.1) is 11.6 Å². The van der Waals surface area contributed by atoms with Gasteiger partial charge in [0.2, 0.25) is 0 Å². The molecule has 0 spiro atoms. The topological polar surface area (TPSA) is 120 Å². The molecule has 1 atom stereocenters. The highest BCUT2D eigenvalue weighted by molar-refractivity contribution is 7.91. The molecule has 3 aromatic rings. The molecule has 176 valence electrons. The molecule has 0 aliphatic carbocycles. The smallest absolute Gasteiger partial charge is 0.199 e. The minimum Gasteiger partial charge on any atom is -0.755 e. The molecule has 3 rings (SSSR count). The van der Waals surface area contributed by atoms with E-state index in [9.17, 15) is 26.4 Å². The van der Waals surface area contributed by atoms with Gasteiger partial charge in [0.25, 0.3) is 0 Å². The van der Waals surface area contributed by atoms with Crippen molar-refractivity contribution in [3.8, 4) is 0 Å². The van der Waals surface area contributed by atoms with E-state index in [1.807, 2.05) is 0 Å². The van der Waals surface area contributed by atoms with Crippen molar-refractivity contribution in [2.75, 3.05) is 22.4 Å². The second-order valence-electron chi connectivity index (χ2n) is 7.17. The van der Waals surface area contributed by atoms with Gasteiger partial charge in [0, 0.05) is 41.5 Å². The molecule has 0 saturated heterocycles. The summed E-state index contributed by atoms with van der Waals surface area (Å²) in [5.74, 6) is -3.86. The Bertz CT molecular complexity index is 1320. The first-order valence-corrected chi connectivity index (χ1v) is 12.8. The lowest BCUT2D eigenvalue weighted by Crippen LogP contribution is -2.30. The largest absolute Gasteiger partial charge is 0.755 e. The summed E-state index contributed by atoms with van der Waals surface area (Å²) in [5, 5.41) is 0. The molecular weight excluding hydrogens is 476 g/mol. The summed E-state index contributed by atoms with van der Waals surface area (Å²) in [7, 11) is -3.37. The summed E-state index contributed by atoms with van der Waals surface area (Å²) < 4.78 is 77.5. The first-order valence-electron chi connectivity index (χ1n) is 9.95. The van der Waals surface area contributed by atoms with Gasteiger partial charge in [-0.05, 0) is 43.2 Å². The molecule has 1 aromatic heterocycles. The van der Waals surface area contributed by atoms with Crippen LogP contribution in [0.2, 0.25) is 0 Å². The van der Waals surface area contributed by atoms with E-state index in [1.165, 1.54) is 30.6 Å². The molecule has 0 aliphatic rings. The van der Waals surface area contributed by atoms with E-state index in [0.29, 0.717) is 21.8 Å². The Hall–Kier alpha value is -2.83. The van der Waals surface area contributed by atoms with E-state index in [2.05, 4.69) is 9.97 Å². The van der Waals surface area contributed by atoms with Crippen LogP contribution in [0.5, 0.6) is 0 Å². The van der Waals surface area contributed by atoms with Gasteiger partial charge in [0.15, 0.2) is 11.6 Å². The summed E-state index contributed by atoms with van der Waals surface area (Å²) >= 11 is -2.99. The molecule has 0 bridgehead atoms. The first kappa shape index (κ1) is 24.8. The number of carbonyl (C=O) groups excluding carboxylic acids is 1. The molecule has 0 saturated carbocycles. The van der Waals surface area contributed by atoms with E-state index in [-0.39, 0.29) is 30.0 Å². The van der Waals surface area contributed by atoms with E-state index in [1.54, 1.807) is 6.92 Å². The molecule has 33 heavy (non-hydrogen) atoms. The summed E-state index contributed by atoms with van der Waals surface area (Å²) in [6.07, 6.45) is 3.18. The minimum absolute atomic E-state index is 0.0485. The lowest BCUT2D eigenvalue weighted by Gasteiger charge is -2.27. The molecule has 1 unspecified atom stereocenters. The van der Waals surface area contributed by atoms with Gasteiger partial charge in [0.1, 0.15) is 15.7 Å². The van der Waals surface area contributed by atoms with E-state index < -0.39 is 49.8 Å². The number of carbonyl (C=O) groups is 1. The van der Waals surface area contributed by atoms with Gasteiger partial charge in [-0.25, -0.2) is 17.2 Å². The van der Waals surface area contributed by atoms with Crippen molar-refractivity contribution in [2.45, 2.75) is 19.8 Å². The van der Waals surface area contributed by atoms with Gasteiger partial charge >= 0.3 is 0 Å². The number of fused-ring (bicyclic) bond motifs is 1. The molecule has 0 radical (unpaired) electrons. The van der Waals surface area contributed by atoms with Crippen molar-refractivity contribution in [3.05, 3.63) is 65.5 Å². The Morgan fingerprint density at radius 3 is 2.45 bits per heavy atom. The number of benzene rings is 2. The van der Waals surface area contributed by atoms with E-state index in [4.69, 9.17) is 0 Å². The van der Waals surface area contributed by atoms with Crippen LogP contribution >= 0.6 is 0 Å². The van der Waals surface area contributed by atoms with Crippen molar-refractivity contribution < 1.29 is 30.8 Å². The van der Waals surface area contributed by atoms with Crippen LogP contribution in [0.15, 0.2) is 42.7 Å². The van der Waals surface area contributed by atoms with E-state index in [0.717, 1.165) is 12.1 Å². The van der Waals surface area contributed by atoms with Crippen LogP contribution in [0.25, 0.3) is 11.0 Å². The van der Waals surface area contributed by atoms with Crippen LogP contribution in [0.1, 0.15) is 35.7 Å². The van der Waals surface area contributed by atoms with Gasteiger partial charge in [-0.1, -0.05) is 6.92 Å². The van der Waals surface area contributed by atoms with Gasteiger partial charge < -0.3 is 4.55 Å². The number of halogens is 2. The van der Waals surface area contributed by atoms with Crippen LogP contribution in [0.3, 0.4) is 0 Å². The van der Waals surface area contributed by atoms with Crippen LogP contribution in [-0.4, -0.2) is 51.0 Å². The molecule has 12 heteroatoms. The van der Waals surface area contributed by atoms with E-state index >= 15 is 4.39 Å². The molecule has 8 nitrogen and oxygen atoms in total. The lowest BCUT2D eigenvalue weighted by molar-refractivity contribution is 0.103. The fourth-order valence-electron chi connectivity index (χ4n) is 3.31. The Morgan fingerprint density at radius 2 is 1.79 bits per heavy atom. The maximum absolute atomic E-state index is 15.3. The van der Waals surface area contributed by atoms with Crippen molar-refractivity contribution >= 4 is 43.6 Å². The Labute approximate surface area is 192 Å². The zero-order valence-corrected chi connectivity index (χ0v) is 19.2. The first-order chi connectivity index (χ1) is 15.6. The molecule has 0 aliphatic heterocycles. The highest BCUT2D eigenvalue weighted by Gasteiger charge is 2.25. The summed E-state index contributed by atoms with van der Waals surface area (Å²) in [6, 6.07) is 5.83. The third kappa shape index (κ3) is 5.75. The number of hydrogen-bond donors (Lipinski definition) is 0. The standard InChI is InChI=1S/C21H21F2N3O5S2/c1-2-11-33(30,31)12-3-10-26(32(28)29)18-7-5-15(22)19(20(18)23)21(27)14-4-6-16-17(13-14)25-9-8-24-16/h4-9,13H,2-3,10-12H2,1H3,(H,28,29)/p-1. The second kappa shape index (κ2) is 10.4. The third-order valence-electron chi connectivity index (χ3n) is 4.81. The summed E-state index contributed by atoms with van der Waals surface area (Å²) in [5.41, 5.74) is -0.713. The molecule has 1 heterocycles. The molecular formula is C21H20F2N3O5S2-. The average molecular weight is 497 g/mol. The van der Waals surface area contributed by atoms with Crippen molar-refractivity contribution in [2.24, 2.45) is 0 Å². The number of ketones is 1. The molecule has 2 aromatic carbocycles. The van der Waals surface area contributed by atoms with Gasteiger partial charge in [-0.15, -0.1) is 0 Å². The normalized spacial score (nSPS) is 12.6. The monoisotopic (exact) mass is 496 g/mol. The molecule has 0 amide bonds. The van der Waals surface area contributed by atoms with Crippen LogP contribution in [-0.2, 0) is 21.1 Å². The maximum atomic E-state index is 15.3. The zero-order chi connectivity index (χ0) is 24.2. The van der Waals surface area contributed by atoms with Gasteiger partial charge in [-0.2, -0.15) is 0 Å². The average Bonchev–Trinajstić information content (AvgIpc) is 2.76. The molecule has 0 N–H and O–H groups in total. The van der Waals surface area contributed by atoms with Gasteiger partial charge in [0.05, 0.1) is 28.0 Å². The van der Waals surface area contributed by atoms with Crippen LogP contribution < -0.4 is 4.31 Å². The maximum Gasteiger partial charge on any atom is 0.199 e. The predicted molar refractivity (Wildman–Crippen MR) is 119 cm³/mol. The Kier molecular flexibility index (Phi) is 7.82. The third-order valence-corrected chi connectivity index (χ3v) is 7.49. The van der Waals surface area contributed by atoms with Crippen molar-refractivity contribution in [1.82, 2.24) is 9.97 Å². The summed E-state index contributed by atoms with van der Waals surface area (Å²) in [6.45, 7) is 1.34. The Balaban J connectivity index is 1.93. The summed E-state index contributed by atoms with van der Waals surface area (Å²) in [4.78, 5) is 21.0. The minimum atomic E-state index is -3.37. The number of rotatable bonds is 10. The van der Waals surface area contributed by atoms with Crippen LogP contribution in [0.4, 0.5) is 14.5 Å². The molecule has 0 fully saturated rings. The quantitative estimate of drug-likeness (QED) is 0.313. The van der Waals surface area contributed by atoms with Gasteiger partial charge in [-0.3, -0.25) is 23.3 Å². The SMILES string of the molecule is CCCS(=O)(=O)CCCN(c1ccc(F)c(C(=O)c2ccc3nccnc3c2)c1F)S(=O)[O-]. The number of hydrogen-bond acceptors (Lipinski definition) is 7. The number of aromatic nitrogens is 2. The number of anilines is 1. The highest BCUT2D eigenvalue weighted by Crippen LogP contribution is 2.28. The number of nitrogens with zero attached hydrogens (tertiary/aromatic N) is 3. The number of sulfone groups is 1. The lowest BCUT2D eigenvalue weighted by atomic mass is 10.0.